The quantitative estimate of drug-likeness (QED) is 0.550. The number of carbonyl (C=O) groups is 1. The Kier molecular flexibility index (Phi) is 5.82. The summed E-state index contributed by atoms with van der Waals surface area (Å²) in [7, 11) is -0.644. The lowest BCUT2D eigenvalue weighted by Gasteiger charge is -2.11. The van der Waals surface area contributed by atoms with Gasteiger partial charge in [0, 0.05) is 32.2 Å². The summed E-state index contributed by atoms with van der Waals surface area (Å²) >= 11 is 1.54. The minimum absolute atomic E-state index is 0.118. The number of thiophene rings is 1. The van der Waals surface area contributed by atoms with Gasteiger partial charge in [0.05, 0.1) is 16.3 Å². The molecule has 3 aromatic rings. The molecule has 11 heteroatoms. The molecule has 164 valence electrons. The van der Waals surface area contributed by atoms with Gasteiger partial charge in [0.15, 0.2) is 5.82 Å². The summed E-state index contributed by atoms with van der Waals surface area (Å²) in [6, 6.07) is 9.81. The Labute approximate surface area is 184 Å². The highest BCUT2D eigenvalue weighted by Crippen LogP contribution is 2.37. The van der Waals surface area contributed by atoms with Crippen molar-refractivity contribution in [3.63, 3.8) is 0 Å². The van der Waals surface area contributed by atoms with E-state index in [1.165, 1.54) is 54.4 Å². The van der Waals surface area contributed by atoms with E-state index in [0.29, 0.717) is 11.4 Å². The molecule has 2 heterocycles. The second-order valence-corrected chi connectivity index (χ2v) is 10.6. The van der Waals surface area contributed by atoms with Crippen molar-refractivity contribution in [2.24, 2.45) is 0 Å². The summed E-state index contributed by atoms with van der Waals surface area (Å²) in [5.41, 5.74) is 0.172. The van der Waals surface area contributed by atoms with Gasteiger partial charge in [0.2, 0.25) is 10.0 Å². The molecule has 2 aromatic heterocycles. The highest BCUT2D eigenvalue weighted by Gasteiger charge is 2.30. The van der Waals surface area contributed by atoms with Crippen LogP contribution in [0, 0.1) is 0 Å². The monoisotopic (exact) mass is 461 g/mol. The van der Waals surface area contributed by atoms with Crippen molar-refractivity contribution < 1.29 is 13.2 Å². The number of hydrogen-bond donors (Lipinski definition) is 1. The average Bonchev–Trinajstić information content (AvgIpc) is 3.32. The third-order valence-corrected chi connectivity index (χ3v) is 7.72. The van der Waals surface area contributed by atoms with Crippen LogP contribution in [0.5, 0.6) is 0 Å². The molecular formula is C20H23N5O4S2. The molecule has 4 rings (SSSR count). The van der Waals surface area contributed by atoms with Crippen molar-refractivity contribution in [1.82, 2.24) is 24.0 Å². The first-order valence-corrected chi connectivity index (χ1v) is 12.1. The van der Waals surface area contributed by atoms with E-state index in [1.807, 2.05) is 17.5 Å². The van der Waals surface area contributed by atoms with E-state index in [-0.39, 0.29) is 35.6 Å². The summed E-state index contributed by atoms with van der Waals surface area (Å²) in [6.07, 6.45) is 1.94. The van der Waals surface area contributed by atoms with Gasteiger partial charge in [-0.05, 0) is 48.6 Å². The van der Waals surface area contributed by atoms with E-state index < -0.39 is 10.0 Å². The number of rotatable bonds is 8. The Hall–Kier alpha value is -2.76. The van der Waals surface area contributed by atoms with Gasteiger partial charge in [-0.25, -0.2) is 22.2 Å². The fraction of sp³-hybridized carbons (Fsp3) is 0.350. The minimum atomic E-state index is -3.55. The maximum absolute atomic E-state index is 12.8. The molecule has 1 amide bonds. The number of amides is 1. The summed E-state index contributed by atoms with van der Waals surface area (Å²) in [4.78, 5) is 26.3. The molecule has 9 nitrogen and oxygen atoms in total. The van der Waals surface area contributed by atoms with Gasteiger partial charge < -0.3 is 5.32 Å². The van der Waals surface area contributed by atoms with Crippen LogP contribution < -0.4 is 11.0 Å². The topological polar surface area (TPSA) is 106 Å². The SMILES string of the molecule is CN(C)S(=O)(=O)c1ccc(C(=O)NCCn2nc(-c3cccs3)n(C3CC3)c2=O)cc1. The second-order valence-electron chi connectivity index (χ2n) is 7.48. The third-order valence-electron chi connectivity index (χ3n) is 5.03. The zero-order valence-electron chi connectivity index (χ0n) is 17.2. The van der Waals surface area contributed by atoms with E-state index in [1.54, 1.807) is 4.57 Å². The smallest absolute Gasteiger partial charge is 0.346 e. The van der Waals surface area contributed by atoms with Crippen molar-refractivity contribution >= 4 is 27.3 Å². The van der Waals surface area contributed by atoms with E-state index in [9.17, 15) is 18.0 Å². The minimum Gasteiger partial charge on any atom is -0.350 e. The fourth-order valence-electron chi connectivity index (χ4n) is 3.17. The normalized spacial score (nSPS) is 14.2. The summed E-state index contributed by atoms with van der Waals surface area (Å²) in [6.45, 7) is 0.470. The van der Waals surface area contributed by atoms with Gasteiger partial charge in [-0.15, -0.1) is 16.4 Å². The molecule has 1 aromatic carbocycles. The molecule has 0 bridgehead atoms. The van der Waals surface area contributed by atoms with Crippen molar-refractivity contribution in [2.45, 2.75) is 30.3 Å². The number of benzene rings is 1. The van der Waals surface area contributed by atoms with Crippen LogP contribution in [0.2, 0.25) is 0 Å². The molecule has 1 aliphatic carbocycles. The van der Waals surface area contributed by atoms with E-state index in [0.717, 1.165) is 22.0 Å². The lowest BCUT2D eigenvalue weighted by atomic mass is 10.2. The molecule has 0 spiro atoms. The van der Waals surface area contributed by atoms with Gasteiger partial charge in [0.25, 0.3) is 5.91 Å². The predicted octanol–water partition coefficient (Wildman–Crippen LogP) is 1.79. The lowest BCUT2D eigenvalue weighted by Crippen LogP contribution is -2.32. The van der Waals surface area contributed by atoms with E-state index in [4.69, 9.17) is 0 Å². The largest absolute Gasteiger partial charge is 0.350 e. The van der Waals surface area contributed by atoms with Gasteiger partial charge in [-0.1, -0.05) is 6.07 Å². The van der Waals surface area contributed by atoms with Crippen LogP contribution in [0.4, 0.5) is 0 Å². The van der Waals surface area contributed by atoms with Crippen molar-refractivity contribution in [2.75, 3.05) is 20.6 Å². The summed E-state index contributed by atoms with van der Waals surface area (Å²) in [5.74, 6) is 0.327. The van der Waals surface area contributed by atoms with Gasteiger partial charge in [0.1, 0.15) is 0 Å². The van der Waals surface area contributed by atoms with Crippen LogP contribution in [0.15, 0.2) is 51.5 Å². The highest BCUT2D eigenvalue weighted by atomic mass is 32.2. The molecule has 1 aliphatic rings. The second kappa shape index (κ2) is 8.40. The van der Waals surface area contributed by atoms with Crippen LogP contribution in [0.3, 0.4) is 0 Å². The predicted molar refractivity (Wildman–Crippen MR) is 118 cm³/mol. The fourth-order valence-corrected chi connectivity index (χ4v) is 4.78. The van der Waals surface area contributed by atoms with Crippen LogP contribution in [0.25, 0.3) is 10.7 Å². The third kappa shape index (κ3) is 4.34. The number of carbonyl (C=O) groups excluding carboxylic acids is 1. The first-order valence-electron chi connectivity index (χ1n) is 9.83. The summed E-state index contributed by atoms with van der Waals surface area (Å²) < 4.78 is 28.5. The number of nitrogens with zero attached hydrogens (tertiary/aromatic N) is 4. The highest BCUT2D eigenvalue weighted by molar-refractivity contribution is 7.89. The average molecular weight is 462 g/mol. The maximum Gasteiger partial charge on any atom is 0.346 e. The molecule has 0 radical (unpaired) electrons. The van der Waals surface area contributed by atoms with Gasteiger partial charge in [-0.3, -0.25) is 9.36 Å². The number of hydrogen-bond acceptors (Lipinski definition) is 6. The molecule has 0 atom stereocenters. The number of sulfonamides is 1. The van der Waals surface area contributed by atoms with Crippen molar-refractivity contribution in [1.29, 1.82) is 0 Å². The first kappa shape index (κ1) is 21.5. The Morgan fingerprint density at radius 1 is 1.23 bits per heavy atom. The molecule has 1 saturated carbocycles. The maximum atomic E-state index is 12.8. The van der Waals surface area contributed by atoms with Crippen LogP contribution in [-0.2, 0) is 16.6 Å². The molecule has 0 unspecified atom stereocenters. The van der Waals surface area contributed by atoms with E-state index >= 15 is 0 Å². The molecular weight excluding hydrogens is 438 g/mol. The van der Waals surface area contributed by atoms with E-state index in [2.05, 4.69) is 10.4 Å². The Bertz CT molecular complexity index is 1240. The zero-order valence-corrected chi connectivity index (χ0v) is 18.8. The standard InChI is InChI=1S/C20H23N5O4S2/c1-23(2)31(28,29)16-9-5-14(6-10-16)19(26)21-11-12-24-20(27)25(15-7-8-15)18(22-24)17-4-3-13-30-17/h3-6,9-10,13,15H,7-8,11-12H2,1-2H3,(H,21,26). The van der Waals surface area contributed by atoms with Crippen molar-refractivity contribution in [3.8, 4) is 10.7 Å². The van der Waals surface area contributed by atoms with Crippen LogP contribution in [0.1, 0.15) is 29.2 Å². The Morgan fingerprint density at radius 3 is 2.52 bits per heavy atom. The molecule has 1 fully saturated rings. The lowest BCUT2D eigenvalue weighted by molar-refractivity contribution is 0.0951. The van der Waals surface area contributed by atoms with Gasteiger partial charge >= 0.3 is 5.69 Å². The Morgan fingerprint density at radius 2 is 1.94 bits per heavy atom. The zero-order chi connectivity index (χ0) is 22.2. The summed E-state index contributed by atoms with van der Waals surface area (Å²) in [5, 5.41) is 9.20. The molecule has 31 heavy (non-hydrogen) atoms. The molecule has 0 aliphatic heterocycles. The Balaban J connectivity index is 1.42. The van der Waals surface area contributed by atoms with Gasteiger partial charge in [-0.2, -0.15) is 0 Å². The van der Waals surface area contributed by atoms with Crippen LogP contribution in [-0.4, -0.2) is 53.6 Å². The van der Waals surface area contributed by atoms with Crippen LogP contribution >= 0.6 is 11.3 Å². The molecule has 0 saturated heterocycles. The van der Waals surface area contributed by atoms with Crippen molar-refractivity contribution in [3.05, 3.63) is 57.8 Å². The number of nitrogens with one attached hydrogen (secondary N) is 1. The number of aromatic nitrogens is 3. The molecule has 1 N–H and O–H groups in total. The first-order chi connectivity index (χ1) is 14.8.